The number of imidazole rings is 2. The van der Waals surface area contributed by atoms with E-state index in [4.69, 9.17) is 21.2 Å². The highest BCUT2D eigenvalue weighted by molar-refractivity contribution is 6.05. The normalized spacial score (nSPS) is 13.3. The average Bonchev–Trinajstić information content (AvgIpc) is 4.00. The molecule has 0 unspecified atom stereocenters. The number of benzene rings is 1. The minimum Gasteiger partial charge on any atom is -0.491 e. The molecule has 1 saturated heterocycles. The number of nitrogens with one attached hydrogen (secondary N) is 3. The van der Waals surface area contributed by atoms with E-state index < -0.39 is 23.6 Å². The van der Waals surface area contributed by atoms with Gasteiger partial charge in [0.15, 0.2) is 5.65 Å². The molecule has 1 aliphatic rings. The van der Waals surface area contributed by atoms with Crippen LogP contribution in [0.25, 0.3) is 22.2 Å². The Hall–Kier alpha value is -6.67. The van der Waals surface area contributed by atoms with E-state index in [1.54, 1.807) is 39.7 Å². The third kappa shape index (κ3) is 8.98. The summed E-state index contributed by atoms with van der Waals surface area (Å²) in [4.78, 5) is 68.0. The SMILES string of the molecule is CCn1nc(C)cc1C(=O)Nc1nc2nc(C(N)=O)ccc2n1CCCCn1c(NC(=O)c2cc(C)nn2CC)nc2cc(C(N)=O)cc(OCCCN3CCNCC3)c21. The van der Waals surface area contributed by atoms with Crippen molar-refractivity contribution in [3.05, 3.63) is 70.4 Å². The molecule has 0 spiro atoms. The molecule has 60 heavy (non-hydrogen) atoms. The smallest absolute Gasteiger partial charge is 0.276 e. The van der Waals surface area contributed by atoms with Crippen molar-refractivity contribution >= 4 is 57.7 Å². The van der Waals surface area contributed by atoms with Crippen LogP contribution in [0.5, 0.6) is 5.75 Å². The van der Waals surface area contributed by atoms with Crippen LogP contribution in [0.1, 0.15) is 86.3 Å². The molecule has 20 heteroatoms. The number of carbonyl (C=O) groups is 4. The third-order valence-electron chi connectivity index (χ3n) is 10.4. The summed E-state index contributed by atoms with van der Waals surface area (Å²) >= 11 is 0. The number of ether oxygens (including phenoxy) is 1. The molecule has 4 amide bonds. The Labute approximate surface area is 345 Å². The van der Waals surface area contributed by atoms with Gasteiger partial charge >= 0.3 is 0 Å². The number of aromatic nitrogens is 9. The molecule has 7 rings (SSSR count). The van der Waals surface area contributed by atoms with E-state index in [-0.39, 0.29) is 28.8 Å². The van der Waals surface area contributed by atoms with E-state index in [2.05, 4.69) is 41.0 Å². The average molecular weight is 822 g/mol. The molecule has 0 atom stereocenters. The van der Waals surface area contributed by atoms with Gasteiger partial charge in [-0.05, 0) is 83.4 Å². The summed E-state index contributed by atoms with van der Waals surface area (Å²) in [6, 6.07) is 9.87. The molecule has 6 aromatic rings. The van der Waals surface area contributed by atoms with Crippen LogP contribution in [0.15, 0.2) is 36.4 Å². The first-order valence-corrected chi connectivity index (χ1v) is 20.2. The number of primary amides is 2. The van der Waals surface area contributed by atoms with Crippen LogP contribution in [0.2, 0.25) is 0 Å². The lowest BCUT2D eigenvalue weighted by Crippen LogP contribution is -2.43. The van der Waals surface area contributed by atoms with Gasteiger partial charge in [-0.2, -0.15) is 15.2 Å². The van der Waals surface area contributed by atoms with E-state index in [0.29, 0.717) is 90.7 Å². The number of hydrogen-bond acceptors (Lipinski definition) is 12. The molecule has 20 nitrogen and oxygen atoms in total. The van der Waals surface area contributed by atoms with Gasteiger partial charge in [-0.1, -0.05) is 0 Å². The number of piperazine rings is 1. The van der Waals surface area contributed by atoms with E-state index >= 15 is 0 Å². The van der Waals surface area contributed by atoms with Crippen molar-refractivity contribution in [2.24, 2.45) is 11.5 Å². The Morgan fingerprint density at radius 1 is 0.750 bits per heavy atom. The number of nitrogens with two attached hydrogens (primary N) is 2. The summed E-state index contributed by atoms with van der Waals surface area (Å²) in [5.41, 5.74) is 15.6. The summed E-state index contributed by atoms with van der Waals surface area (Å²) in [5.74, 6) is -1.20. The molecular formula is C40H51N15O5. The summed E-state index contributed by atoms with van der Waals surface area (Å²) < 4.78 is 13.3. The van der Waals surface area contributed by atoms with Crippen molar-refractivity contribution in [2.45, 2.75) is 73.1 Å². The molecule has 316 valence electrons. The monoisotopic (exact) mass is 821 g/mol. The quantitative estimate of drug-likeness (QED) is 0.0785. The second-order valence-corrected chi connectivity index (χ2v) is 14.7. The van der Waals surface area contributed by atoms with Gasteiger partial charge in [0.25, 0.3) is 17.7 Å². The first-order chi connectivity index (χ1) is 28.9. The summed E-state index contributed by atoms with van der Waals surface area (Å²) in [6.07, 6.45) is 1.88. The second-order valence-electron chi connectivity index (χ2n) is 14.7. The number of fused-ring (bicyclic) bond motifs is 2. The number of nitrogens with zero attached hydrogens (tertiary/aromatic N) is 10. The van der Waals surface area contributed by atoms with E-state index in [1.807, 2.05) is 36.8 Å². The first-order valence-electron chi connectivity index (χ1n) is 20.2. The maximum atomic E-state index is 13.8. The Bertz CT molecular complexity index is 2560. The predicted octanol–water partition coefficient (Wildman–Crippen LogP) is 2.69. The first kappa shape index (κ1) is 41.5. The lowest BCUT2D eigenvalue weighted by molar-refractivity contribution is 0.0989. The van der Waals surface area contributed by atoms with Crippen molar-refractivity contribution < 1.29 is 23.9 Å². The fraction of sp³-hybridized carbons (Fsp3) is 0.425. The number of anilines is 2. The zero-order chi connectivity index (χ0) is 42.5. The van der Waals surface area contributed by atoms with Gasteiger partial charge in [0, 0.05) is 64.5 Å². The lowest BCUT2D eigenvalue weighted by Gasteiger charge is -2.27. The Kier molecular flexibility index (Phi) is 12.5. The number of aryl methyl sites for hydroxylation is 6. The highest BCUT2D eigenvalue weighted by Gasteiger charge is 2.23. The molecule has 6 heterocycles. The molecule has 0 saturated carbocycles. The fourth-order valence-electron chi connectivity index (χ4n) is 7.48. The molecule has 1 aliphatic heterocycles. The van der Waals surface area contributed by atoms with E-state index in [9.17, 15) is 19.2 Å². The van der Waals surface area contributed by atoms with Crippen LogP contribution in [0.3, 0.4) is 0 Å². The Morgan fingerprint density at radius 2 is 1.37 bits per heavy atom. The number of amides is 4. The number of pyridine rings is 1. The van der Waals surface area contributed by atoms with E-state index in [1.165, 1.54) is 6.07 Å². The molecule has 0 bridgehead atoms. The summed E-state index contributed by atoms with van der Waals surface area (Å²) in [5, 5.41) is 18.1. The van der Waals surface area contributed by atoms with Gasteiger partial charge in [0.2, 0.25) is 17.8 Å². The van der Waals surface area contributed by atoms with Gasteiger partial charge in [0.1, 0.15) is 28.3 Å². The topological polar surface area (TPSA) is 253 Å². The largest absolute Gasteiger partial charge is 0.491 e. The molecule has 1 fully saturated rings. The van der Waals surface area contributed by atoms with Gasteiger partial charge in [-0.15, -0.1) is 0 Å². The minimum absolute atomic E-state index is 0.0460. The van der Waals surface area contributed by atoms with Crippen LogP contribution in [-0.2, 0) is 26.2 Å². The maximum Gasteiger partial charge on any atom is 0.276 e. The Morgan fingerprint density at radius 3 is 1.97 bits per heavy atom. The molecule has 0 radical (unpaired) electrons. The van der Waals surface area contributed by atoms with Crippen molar-refractivity contribution in [3.63, 3.8) is 0 Å². The zero-order valence-corrected chi connectivity index (χ0v) is 34.3. The minimum atomic E-state index is -0.699. The van der Waals surface area contributed by atoms with Crippen LogP contribution in [0, 0.1) is 13.8 Å². The lowest BCUT2D eigenvalue weighted by atomic mass is 10.1. The van der Waals surface area contributed by atoms with Gasteiger partial charge in [-0.3, -0.25) is 39.2 Å². The summed E-state index contributed by atoms with van der Waals surface area (Å²) in [6.45, 7) is 14.3. The highest BCUT2D eigenvalue weighted by atomic mass is 16.5. The molecule has 7 N–H and O–H groups in total. The van der Waals surface area contributed by atoms with Crippen LogP contribution < -0.4 is 32.2 Å². The highest BCUT2D eigenvalue weighted by Crippen LogP contribution is 2.32. The third-order valence-corrected chi connectivity index (χ3v) is 10.4. The number of rotatable bonds is 18. The number of unbranched alkanes of at least 4 members (excludes halogenated alkanes) is 1. The molecule has 1 aromatic carbocycles. The molecular weight excluding hydrogens is 771 g/mol. The van der Waals surface area contributed by atoms with Crippen molar-refractivity contribution in [1.29, 1.82) is 0 Å². The number of carbonyl (C=O) groups excluding carboxylic acids is 4. The van der Waals surface area contributed by atoms with Crippen molar-refractivity contribution in [3.8, 4) is 5.75 Å². The Balaban J connectivity index is 1.18. The van der Waals surface area contributed by atoms with Crippen LogP contribution >= 0.6 is 0 Å². The molecule has 5 aromatic heterocycles. The van der Waals surface area contributed by atoms with Crippen molar-refractivity contribution in [2.75, 3.05) is 50.0 Å². The van der Waals surface area contributed by atoms with Gasteiger partial charge < -0.3 is 35.6 Å². The maximum absolute atomic E-state index is 13.8. The van der Waals surface area contributed by atoms with Gasteiger partial charge in [-0.25, -0.2) is 9.97 Å². The summed E-state index contributed by atoms with van der Waals surface area (Å²) in [7, 11) is 0. The van der Waals surface area contributed by atoms with Crippen LogP contribution in [-0.4, -0.2) is 112 Å². The molecule has 0 aliphatic carbocycles. The van der Waals surface area contributed by atoms with Crippen molar-refractivity contribution in [1.82, 2.24) is 53.9 Å². The van der Waals surface area contributed by atoms with E-state index in [0.717, 1.165) is 39.1 Å². The second kappa shape index (κ2) is 18.1. The standard InChI is InChI=1S/C40H51N15O5/c1-5-54-30(20-24(3)49-54)37(58)47-39-45-28-22-26(34(41)56)23-32(60-19-9-14-51-17-12-43-13-18-51)33(28)53(39)16-8-7-15-52-29-11-10-27(35(42)57)44-36(29)46-40(52)48-38(59)31-21-25(4)50-55(31)6-2/h10-11,20-23,43H,5-9,12-19H2,1-4H3,(H2,41,56)(H2,42,57)(H,45,47,58)(H,44,46,48,59). The zero-order valence-electron chi connectivity index (χ0n) is 34.3. The number of hydrogen-bond donors (Lipinski definition) is 5. The predicted molar refractivity (Wildman–Crippen MR) is 224 cm³/mol. The van der Waals surface area contributed by atoms with Gasteiger partial charge in [0.05, 0.1) is 29.0 Å². The fourth-order valence-corrected chi connectivity index (χ4v) is 7.48. The van der Waals surface area contributed by atoms with Crippen LogP contribution in [0.4, 0.5) is 11.9 Å².